The number of nitrogens with one attached hydrogen (secondary N) is 1. The zero-order valence-electron chi connectivity index (χ0n) is 23.3. The lowest BCUT2D eigenvalue weighted by atomic mass is 10.1. The van der Waals surface area contributed by atoms with Crippen molar-refractivity contribution < 1.29 is 41.5 Å². The summed E-state index contributed by atoms with van der Waals surface area (Å²) >= 11 is 5.88. The molecule has 4 aromatic rings. The molecular formula is C31H30ClF3NO6+. The molecule has 0 unspecified atom stereocenters. The molecule has 0 saturated heterocycles. The number of carbonyl (C=O) groups is 1. The van der Waals surface area contributed by atoms with E-state index in [2.05, 4.69) is 0 Å². The molecule has 3 aromatic carbocycles. The van der Waals surface area contributed by atoms with Crippen molar-refractivity contribution in [3.05, 3.63) is 92.8 Å². The standard InChI is InChI=1S/C31H29ClF3NO6/c1-4-16-36(17-5-2)18-24-25(41-30(38)19-6-10-21(39-3)11-7-19)15-14-23-26(37)28(29(31(33,34)35)42-27(23)24)40-22-12-8-20(32)9-13-22/h6-15H,4-5,16-18H2,1-3H3/p+1. The Labute approximate surface area is 245 Å². The van der Waals surface area contributed by atoms with E-state index in [0.29, 0.717) is 23.9 Å². The van der Waals surface area contributed by atoms with Gasteiger partial charge in [-0.15, -0.1) is 0 Å². The van der Waals surface area contributed by atoms with Crippen molar-refractivity contribution in [1.29, 1.82) is 0 Å². The molecule has 0 fully saturated rings. The van der Waals surface area contributed by atoms with Crippen LogP contribution in [-0.4, -0.2) is 26.2 Å². The van der Waals surface area contributed by atoms with Gasteiger partial charge in [-0.3, -0.25) is 4.79 Å². The van der Waals surface area contributed by atoms with Crippen LogP contribution in [0.5, 0.6) is 23.0 Å². The maximum Gasteiger partial charge on any atom is 0.453 e. The van der Waals surface area contributed by atoms with Crippen molar-refractivity contribution in [1.82, 2.24) is 0 Å². The van der Waals surface area contributed by atoms with Crippen molar-refractivity contribution >= 4 is 28.5 Å². The molecule has 7 nitrogen and oxygen atoms in total. The fourth-order valence-electron chi connectivity index (χ4n) is 4.59. The zero-order valence-corrected chi connectivity index (χ0v) is 24.0. The number of carbonyl (C=O) groups excluding carboxylic acids is 1. The van der Waals surface area contributed by atoms with E-state index < -0.39 is 29.1 Å². The molecule has 4 rings (SSSR count). The van der Waals surface area contributed by atoms with Crippen molar-refractivity contribution in [2.75, 3.05) is 20.2 Å². The fourth-order valence-corrected chi connectivity index (χ4v) is 4.71. The third kappa shape index (κ3) is 7.06. The van der Waals surface area contributed by atoms with Gasteiger partial charge in [0, 0.05) is 5.02 Å². The van der Waals surface area contributed by atoms with E-state index in [1.54, 1.807) is 12.1 Å². The summed E-state index contributed by atoms with van der Waals surface area (Å²) in [6, 6.07) is 14.4. The average Bonchev–Trinajstić information content (AvgIpc) is 2.96. The van der Waals surface area contributed by atoms with Gasteiger partial charge in [0.1, 0.15) is 23.8 Å². The first-order chi connectivity index (χ1) is 20.0. The summed E-state index contributed by atoms with van der Waals surface area (Å²) in [7, 11) is 1.49. The van der Waals surface area contributed by atoms with Crippen LogP contribution in [0.4, 0.5) is 13.2 Å². The van der Waals surface area contributed by atoms with Crippen LogP contribution in [0.2, 0.25) is 5.02 Å². The van der Waals surface area contributed by atoms with Gasteiger partial charge in [0.15, 0.2) is 5.58 Å². The smallest absolute Gasteiger partial charge is 0.453 e. The molecule has 0 aliphatic carbocycles. The van der Waals surface area contributed by atoms with Crippen LogP contribution in [0.25, 0.3) is 11.0 Å². The van der Waals surface area contributed by atoms with Gasteiger partial charge < -0.3 is 23.5 Å². The first kappa shape index (κ1) is 30.9. The van der Waals surface area contributed by atoms with Crippen LogP contribution in [-0.2, 0) is 12.7 Å². The molecule has 0 aliphatic heterocycles. The molecular weight excluding hydrogens is 575 g/mol. The lowest BCUT2D eigenvalue weighted by Gasteiger charge is -2.21. The molecule has 0 bridgehead atoms. The number of benzene rings is 3. The van der Waals surface area contributed by atoms with E-state index in [4.69, 9.17) is 30.2 Å². The first-order valence-electron chi connectivity index (χ1n) is 13.4. The number of fused-ring (bicyclic) bond motifs is 1. The number of alkyl halides is 3. The van der Waals surface area contributed by atoms with Gasteiger partial charge in [0.25, 0.3) is 5.76 Å². The first-order valence-corrected chi connectivity index (χ1v) is 13.8. The highest BCUT2D eigenvalue weighted by Gasteiger charge is 2.41. The van der Waals surface area contributed by atoms with Crippen LogP contribution in [0.15, 0.2) is 69.9 Å². The fraction of sp³-hybridized carbons (Fsp3) is 0.290. The minimum Gasteiger partial charge on any atom is -0.497 e. The van der Waals surface area contributed by atoms with Crippen molar-refractivity contribution in [2.45, 2.75) is 39.4 Å². The summed E-state index contributed by atoms with van der Waals surface area (Å²) in [5.74, 6) is -2.82. The van der Waals surface area contributed by atoms with Crippen molar-refractivity contribution in [3.63, 3.8) is 0 Å². The molecule has 222 valence electrons. The predicted octanol–water partition coefficient (Wildman–Crippen LogP) is 6.69. The van der Waals surface area contributed by atoms with Crippen LogP contribution in [0, 0.1) is 0 Å². The number of hydrogen-bond acceptors (Lipinski definition) is 6. The average molecular weight is 605 g/mol. The Morgan fingerprint density at radius 2 is 1.55 bits per heavy atom. The number of methoxy groups -OCH3 is 1. The second kappa shape index (κ2) is 13.3. The summed E-state index contributed by atoms with van der Waals surface area (Å²) in [4.78, 5) is 27.6. The molecule has 0 amide bonds. The number of esters is 1. The quantitative estimate of drug-likeness (QED) is 0.152. The van der Waals surface area contributed by atoms with E-state index in [9.17, 15) is 22.8 Å². The summed E-state index contributed by atoms with van der Waals surface area (Å²) in [5, 5.41) is 0.204. The van der Waals surface area contributed by atoms with Crippen LogP contribution in [0.3, 0.4) is 0 Å². The lowest BCUT2D eigenvalue weighted by Crippen LogP contribution is -3.10. The lowest BCUT2D eigenvalue weighted by molar-refractivity contribution is -0.913. The Morgan fingerprint density at radius 1 is 0.929 bits per heavy atom. The number of quaternary nitrogens is 1. The Bertz CT molecular complexity index is 1600. The Morgan fingerprint density at radius 3 is 2.12 bits per heavy atom. The van der Waals surface area contributed by atoms with Gasteiger partial charge in [0.05, 0.1) is 36.7 Å². The van der Waals surface area contributed by atoms with Gasteiger partial charge in [-0.25, -0.2) is 4.79 Å². The third-order valence-electron chi connectivity index (χ3n) is 6.53. The van der Waals surface area contributed by atoms with E-state index >= 15 is 0 Å². The number of rotatable bonds is 11. The third-order valence-corrected chi connectivity index (χ3v) is 6.78. The van der Waals surface area contributed by atoms with Gasteiger partial charge in [-0.1, -0.05) is 25.4 Å². The molecule has 1 aromatic heterocycles. The second-order valence-electron chi connectivity index (χ2n) is 9.61. The molecule has 1 N–H and O–H groups in total. The number of hydrogen-bond donors (Lipinski definition) is 1. The van der Waals surface area contributed by atoms with Gasteiger partial charge in [0.2, 0.25) is 11.2 Å². The van der Waals surface area contributed by atoms with E-state index in [1.807, 2.05) is 13.8 Å². The minimum absolute atomic E-state index is 0.00401. The van der Waals surface area contributed by atoms with Crippen LogP contribution in [0.1, 0.15) is 48.4 Å². The predicted molar refractivity (Wildman–Crippen MR) is 152 cm³/mol. The Balaban J connectivity index is 1.89. The summed E-state index contributed by atoms with van der Waals surface area (Å²) in [6.45, 7) is 5.54. The summed E-state index contributed by atoms with van der Waals surface area (Å²) < 4.78 is 64.7. The molecule has 0 atom stereocenters. The highest BCUT2D eigenvalue weighted by atomic mass is 35.5. The number of ether oxygens (including phenoxy) is 3. The molecule has 11 heteroatoms. The van der Waals surface area contributed by atoms with Gasteiger partial charge in [-0.2, -0.15) is 13.2 Å². The Hall–Kier alpha value is -4.02. The normalized spacial score (nSPS) is 11.6. The van der Waals surface area contributed by atoms with E-state index in [-0.39, 0.29) is 40.1 Å². The van der Waals surface area contributed by atoms with Crippen molar-refractivity contribution in [2.24, 2.45) is 0 Å². The summed E-state index contributed by atoms with van der Waals surface area (Å²) in [5.41, 5.74) is -0.954. The maximum atomic E-state index is 14.3. The van der Waals surface area contributed by atoms with Crippen LogP contribution >= 0.6 is 11.6 Å². The topological polar surface area (TPSA) is 79.4 Å². The Kier molecular flexibility index (Phi) is 9.80. The van der Waals surface area contributed by atoms with Crippen molar-refractivity contribution in [3.8, 4) is 23.0 Å². The largest absolute Gasteiger partial charge is 0.497 e. The molecule has 1 heterocycles. The SMILES string of the molecule is CCC[NH+](CCC)Cc1c(OC(=O)c2ccc(OC)cc2)ccc2c(=O)c(Oc3ccc(Cl)cc3)c(C(F)(F)F)oc12. The zero-order chi connectivity index (χ0) is 30.4. The minimum atomic E-state index is -5.07. The highest BCUT2D eigenvalue weighted by molar-refractivity contribution is 6.30. The van der Waals surface area contributed by atoms with E-state index in [0.717, 1.165) is 17.7 Å². The van der Waals surface area contributed by atoms with Gasteiger partial charge >= 0.3 is 12.1 Å². The highest BCUT2D eigenvalue weighted by Crippen LogP contribution is 2.40. The molecule has 0 aliphatic rings. The number of halogens is 4. The van der Waals surface area contributed by atoms with Gasteiger partial charge in [-0.05, 0) is 73.5 Å². The molecule has 42 heavy (non-hydrogen) atoms. The molecule has 0 saturated carbocycles. The van der Waals surface area contributed by atoms with E-state index in [1.165, 1.54) is 55.6 Å². The summed E-state index contributed by atoms with van der Waals surface area (Å²) in [6.07, 6.45) is -3.46. The van der Waals surface area contributed by atoms with Crippen LogP contribution < -0.4 is 24.5 Å². The monoisotopic (exact) mass is 604 g/mol. The maximum absolute atomic E-state index is 14.3. The molecule has 0 radical (unpaired) electrons. The molecule has 0 spiro atoms. The second-order valence-corrected chi connectivity index (χ2v) is 10.0.